The van der Waals surface area contributed by atoms with Gasteiger partial charge in [-0.2, -0.15) is 0 Å². The lowest BCUT2D eigenvalue weighted by molar-refractivity contribution is 0.261. The molecule has 1 aromatic heterocycles. The highest BCUT2D eigenvalue weighted by atomic mass is 32.1. The van der Waals surface area contributed by atoms with Crippen molar-refractivity contribution in [3.8, 4) is 0 Å². The first-order chi connectivity index (χ1) is 9.38. The van der Waals surface area contributed by atoms with E-state index in [0.29, 0.717) is 11.0 Å². The molecular formula is C16H25N3S. The van der Waals surface area contributed by atoms with Gasteiger partial charge in [0.1, 0.15) is 4.99 Å². The van der Waals surface area contributed by atoms with E-state index in [2.05, 4.69) is 30.2 Å². The highest BCUT2D eigenvalue weighted by Crippen LogP contribution is 2.32. The summed E-state index contributed by atoms with van der Waals surface area (Å²) in [5.41, 5.74) is 9.74. The zero-order chi connectivity index (χ0) is 14.9. The lowest BCUT2D eigenvalue weighted by Gasteiger charge is -2.33. The molecular weight excluding hydrogens is 266 g/mol. The van der Waals surface area contributed by atoms with E-state index in [0.717, 1.165) is 34.5 Å². The highest BCUT2D eigenvalue weighted by molar-refractivity contribution is 7.80. The van der Waals surface area contributed by atoms with Crippen molar-refractivity contribution in [2.24, 2.45) is 17.6 Å². The lowest BCUT2D eigenvalue weighted by atomic mass is 9.79. The summed E-state index contributed by atoms with van der Waals surface area (Å²) in [6.45, 7) is 8.67. The van der Waals surface area contributed by atoms with Gasteiger partial charge in [0.25, 0.3) is 0 Å². The zero-order valence-corrected chi connectivity index (χ0v) is 13.7. The fourth-order valence-corrected chi connectivity index (χ4v) is 3.41. The Morgan fingerprint density at radius 2 is 2.00 bits per heavy atom. The standard InChI is InChI=1S/C16H25N3S/c1-9-5-6-13(7-10(9)2)19-14-8-11(3)18-12(4)15(14)16(17)20/h8-10,13H,5-7H2,1-4H3,(H2,17,20)(H,18,19). The lowest BCUT2D eigenvalue weighted by Crippen LogP contribution is -2.31. The molecule has 3 unspecified atom stereocenters. The summed E-state index contributed by atoms with van der Waals surface area (Å²) in [4.78, 5) is 4.89. The van der Waals surface area contributed by atoms with Crippen LogP contribution in [0.25, 0.3) is 0 Å². The molecule has 0 spiro atoms. The van der Waals surface area contributed by atoms with Crippen LogP contribution in [0.3, 0.4) is 0 Å². The van der Waals surface area contributed by atoms with Crippen LogP contribution in [0.1, 0.15) is 50.1 Å². The first kappa shape index (κ1) is 15.2. The summed E-state index contributed by atoms with van der Waals surface area (Å²) in [6, 6.07) is 2.57. The van der Waals surface area contributed by atoms with E-state index in [1.807, 2.05) is 13.8 Å². The number of nitrogens with zero attached hydrogens (tertiary/aromatic N) is 1. The molecule has 0 amide bonds. The van der Waals surface area contributed by atoms with Crippen LogP contribution in [-0.2, 0) is 0 Å². The minimum Gasteiger partial charge on any atom is -0.389 e. The predicted octanol–water partition coefficient (Wildman–Crippen LogP) is 3.57. The van der Waals surface area contributed by atoms with Crippen LogP contribution >= 0.6 is 12.2 Å². The summed E-state index contributed by atoms with van der Waals surface area (Å²) in [5, 5.41) is 3.66. The molecule has 110 valence electrons. The van der Waals surface area contributed by atoms with Crippen molar-refractivity contribution in [1.82, 2.24) is 4.98 Å². The Balaban J connectivity index is 2.23. The average molecular weight is 291 g/mol. The number of aromatic nitrogens is 1. The fraction of sp³-hybridized carbons (Fsp3) is 0.625. The Morgan fingerprint density at radius 1 is 1.30 bits per heavy atom. The molecule has 3 N–H and O–H groups in total. The molecule has 3 nitrogen and oxygen atoms in total. The maximum atomic E-state index is 5.87. The maximum Gasteiger partial charge on any atom is 0.107 e. The summed E-state index contributed by atoms with van der Waals surface area (Å²) in [5.74, 6) is 1.59. The van der Waals surface area contributed by atoms with E-state index in [4.69, 9.17) is 18.0 Å². The van der Waals surface area contributed by atoms with E-state index in [-0.39, 0.29) is 0 Å². The summed E-state index contributed by atoms with van der Waals surface area (Å²) >= 11 is 5.19. The normalized spacial score (nSPS) is 26.3. The highest BCUT2D eigenvalue weighted by Gasteiger charge is 2.25. The molecule has 20 heavy (non-hydrogen) atoms. The van der Waals surface area contributed by atoms with Gasteiger partial charge in [-0.05, 0) is 51.0 Å². The summed E-state index contributed by atoms with van der Waals surface area (Å²) in [7, 11) is 0. The molecule has 0 aliphatic heterocycles. The largest absolute Gasteiger partial charge is 0.389 e. The minimum absolute atomic E-state index is 0.426. The number of anilines is 1. The van der Waals surface area contributed by atoms with Crippen LogP contribution in [0, 0.1) is 25.7 Å². The number of nitrogens with one attached hydrogen (secondary N) is 1. The molecule has 2 rings (SSSR count). The third kappa shape index (κ3) is 3.29. The fourth-order valence-electron chi connectivity index (χ4n) is 3.15. The van der Waals surface area contributed by atoms with Gasteiger partial charge in [-0.15, -0.1) is 0 Å². The number of rotatable bonds is 3. The molecule has 0 bridgehead atoms. The van der Waals surface area contributed by atoms with Gasteiger partial charge >= 0.3 is 0 Å². The third-order valence-corrected chi connectivity index (χ3v) is 4.74. The second-order valence-corrected chi connectivity index (χ2v) is 6.68. The number of nitrogens with two attached hydrogens (primary N) is 1. The van der Waals surface area contributed by atoms with Crippen molar-refractivity contribution in [2.75, 3.05) is 5.32 Å². The molecule has 1 aromatic rings. The van der Waals surface area contributed by atoms with Gasteiger partial charge in [0.15, 0.2) is 0 Å². The van der Waals surface area contributed by atoms with Crippen LogP contribution < -0.4 is 11.1 Å². The molecule has 0 saturated heterocycles. The molecule has 0 aromatic carbocycles. The van der Waals surface area contributed by atoms with Gasteiger partial charge in [-0.1, -0.05) is 26.1 Å². The number of aryl methyl sites for hydroxylation is 2. The molecule has 0 radical (unpaired) electrons. The zero-order valence-electron chi connectivity index (χ0n) is 12.9. The van der Waals surface area contributed by atoms with Gasteiger partial charge in [0.2, 0.25) is 0 Å². The van der Waals surface area contributed by atoms with E-state index in [1.54, 1.807) is 0 Å². The Kier molecular flexibility index (Phi) is 4.63. The Bertz CT molecular complexity index is 513. The van der Waals surface area contributed by atoms with Crippen LogP contribution in [-0.4, -0.2) is 16.0 Å². The van der Waals surface area contributed by atoms with E-state index >= 15 is 0 Å². The van der Waals surface area contributed by atoms with Crippen LogP contribution in [0.2, 0.25) is 0 Å². The topological polar surface area (TPSA) is 50.9 Å². The maximum absolute atomic E-state index is 5.87. The van der Waals surface area contributed by atoms with E-state index in [9.17, 15) is 0 Å². The Morgan fingerprint density at radius 3 is 2.60 bits per heavy atom. The molecule has 1 saturated carbocycles. The number of thiocarbonyl (C=S) groups is 1. The van der Waals surface area contributed by atoms with Gasteiger partial charge in [0.05, 0.1) is 5.56 Å². The average Bonchev–Trinajstić information content (AvgIpc) is 2.32. The summed E-state index contributed by atoms with van der Waals surface area (Å²) < 4.78 is 0. The first-order valence-electron chi connectivity index (χ1n) is 7.43. The molecule has 1 heterocycles. The van der Waals surface area contributed by atoms with Gasteiger partial charge in [-0.25, -0.2) is 0 Å². The van der Waals surface area contributed by atoms with Crippen molar-refractivity contribution in [1.29, 1.82) is 0 Å². The quantitative estimate of drug-likeness (QED) is 0.836. The Labute approximate surface area is 127 Å². The van der Waals surface area contributed by atoms with Crippen molar-refractivity contribution in [3.63, 3.8) is 0 Å². The van der Waals surface area contributed by atoms with E-state index < -0.39 is 0 Å². The third-order valence-electron chi connectivity index (χ3n) is 4.53. The molecule has 4 heteroatoms. The first-order valence-corrected chi connectivity index (χ1v) is 7.84. The summed E-state index contributed by atoms with van der Waals surface area (Å²) in [6.07, 6.45) is 3.70. The van der Waals surface area contributed by atoms with Gasteiger partial charge in [-0.3, -0.25) is 4.98 Å². The molecule has 1 aliphatic rings. The Hall–Kier alpha value is -1.16. The van der Waals surface area contributed by atoms with Crippen molar-refractivity contribution < 1.29 is 0 Å². The second kappa shape index (κ2) is 6.08. The SMILES string of the molecule is Cc1cc(NC2CCC(C)C(C)C2)c(C(N)=S)c(C)n1. The van der Waals surface area contributed by atoms with Gasteiger partial charge in [0, 0.05) is 23.1 Å². The number of pyridine rings is 1. The van der Waals surface area contributed by atoms with Crippen molar-refractivity contribution >= 4 is 22.9 Å². The van der Waals surface area contributed by atoms with Crippen LogP contribution in [0.15, 0.2) is 6.07 Å². The number of hydrogen-bond acceptors (Lipinski definition) is 3. The molecule has 1 aliphatic carbocycles. The van der Waals surface area contributed by atoms with Gasteiger partial charge < -0.3 is 11.1 Å². The number of hydrogen-bond donors (Lipinski definition) is 2. The van der Waals surface area contributed by atoms with Crippen molar-refractivity contribution in [3.05, 3.63) is 23.0 Å². The monoisotopic (exact) mass is 291 g/mol. The van der Waals surface area contributed by atoms with E-state index in [1.165, 1.54) is 19.3 Å². The van der Waals surface area contributed by atoms with Crippen LogP contribution in [0.4, 0.5) is 5.69 Å². The smallest absolute Gasteiger partial charge is 0.107 e. The predicted molar refractivity (Wildman–Crippen MR) is 89.2 cm³/mol. The molecule has 1 fully saturated rings. The second-order valence-electron chi connectivity index (χ2n) is 6.24. The minimum atomic E-state index is 0.426. The molecule has 3 atom stereocenters. The van der Waals surface area contributed by atoms with Crippen LogP contribution in [0.5, 0.6) is 0 Å². The van der Waals surface area contributed by atoms with Crippen molar-refractivity contribution in [2.45, 2.75) is 53.0 Å².